The van der Waals surface area contributed by atoms with Crippen LogP contribution in [0.25, 0.3) is 0 Å². The lowest BCUT2D eigenvalue weighted by Crippen LogP contribution is -2.43. The molecule has 1 fully saturated rings. The Balaban J connectivity index is 1.74. The van der Waals surface area contributed by atoms with E-state index >= 15 is 0 Å². The molecule has 1 saturated heterocycles. The van der Waals surface area contributed by atoms with Gasteiger partial charge in [0.05, 0.1) is 6.61 Å². The Hall–Kier alpha value is -2.22. The first-order valence-electron chi connectivity index (χ1n) is 6.52. The van der Waals surface area contributed by atoms with Crippen LogP contribution < -0.4 is 10.7 Å². The Morgan fingerprint density at radius 1 is 1.48 bits per heavy atom. The second-order valence-electron chi connectivity index (χ2n) is 4.42. The Labute approximate surface area is 125 Å². The summed E-state index contributed by atoms with van der Waals surface area (Å²) in [5.74, 6) is -0.244. The number of benzene rings is 1. The van der Waals surface area contributed by atoms with Gasteiger partial charge in [0.2, 0.25) is 0 Å². The number of para-hydroxylation sites is 1. The molecule has 7 nitrogen and oxygen atoms in total. The van der Waals surface area contributed by atoms with Gasteiger partial charge in [-0.25, -0.2) is 9.79 Å². The highest BCUT2D eigenvalue weighted by molar-refractivity contribution is 8.15. The molecule has 2 heterocycles. The summed E-state index contributed by atoms with van der Waals surface area (Å²) in [5, 5.41) is 4.45. The highest BCUT2D eigenvalue weighted by atomic mass is 32.2. The highest BCUT2D eigenvalue weighted by Gasteiger charge is 2.49. The van der Waals surface area contributed by atoms with E-state index in [1.807, 2.05) is 30.3 Å². The molecular weight excluding hydrogens is 292 g/mol. The summed E-state index contributed by atoms with van der Waals surface area (Å²) >= 11 is 1.30. The number of amidine groups is 1. The Bertz CT molecular complexity index is 592. The fourth-order valence-corrected chi connectivity index (χ4v) is 3.13. The van der Waals surface area contributed by atoms with Crippen molar-refractivity contribution in [2.45, 2.75) is 18.3 Å². The molecule has 0 aromatic heterocycles. The fourth-order valence-electron chi connectivity index (χ4n) is 2.08. The van der Waals surface area contributed by atoms with E-state index in [9.17, 15) is 9.59 Å². The van der Waals surface area contributed by atoms with Gasteiger partial charge in [0, 0.05) is 5.69 Å². The van der Waals surface area contributed by atoms with E-state index in [1.54, 1.807) is 6.92 Å². The number of rotatable bonds is 2. The molecule has 0 saturated carbocycles. The van der Waals surface area contributed by atoms with Crippen molar-refractivity contribution >= 4 is 34.6 Å². The van der Waals surface area contributed by atoms with Gasteiger partial charge in [-0.3, -0.25) is 10.2 Å². The smallest absolute Gasteiger partial charge is 0.430 e. The van der Waals surface area contributed by atoms with Crippen molar-refractivity contribution in [2.75, 3.05) is 11.9 Å². The summed E-state index contributed by atoms with van der Waals surface area (Å²) in [4.78, 5) is 28.1. The molecule has 1 aromatic rings. The van der Waals surface area contributed by atoms with Crippen LogP contribution in [-0.4, -0.2) is 40.2 Å². The first kappa shape index (κ1) is 13.7. The minimum Gasteiger partial charge on any atom is -0.448 e. The molecule has 2 N–H and O–H groups in total. The maximum Gasteiger partial charge on any atom is 0.430 e. The van der Waals surface area contributed by atoms with Crippen LogP contribution in [0.4, 0.5) is 10.5 Å². The van der Waals surface area contributed by atoms with E-state index < -0.39 is 17.5 Å². The number of anilines is 1. The molecule has 21 heavy (non-hydrogen) atoms. The van der Waals surface area contributed by atoms with E-state index in [-0.39, 0.29) is 12.5 Å². The standard InChI is InChI=1S/C13H14N4O3S/c1-2-20-13(19)17-10-9(11(18)16-17)21-12(15-10)14-8-6-4-3-5-7-8/h3-7,9-10H,2H2,1H3,(H,14,15)(H,16,18). The van der Waals surface area contributed by atoms with Crippen molar-refractivity contribution in [3.63, 3.8) is 0 Å². The summed E-state index contributed by atoms with van der Waals surface area (Å²) in [6, 6.07) is 9.53. The third-order valence-corrected chi connectivity index (χ3v) is 4.14. The maximum atomic E-state index is 11.9. The van der Waals surface area contributed by atoms with Crippen molar-refractivity contribution in [2.24, 2.45) is 4.99 Å². The lowest BCUT2D eigenvalue weighted by molar-refractivity contribution is -0.120. The Kier molecular flexibility index (Phi) is 3.70. The molecule has 0 aliphatic carbocycles. The molecule has 2 unspecified atom stereocenters. The monoisotopic (exact) mass is 306 g/mol. The third-order valence-electron chi connectivity index (χ3n) is 3.00. The van der Waals surface area contributed by atoms with E-state index in [4.69, 9.17) is 4.74 Å². The quantitative estimate of drug-likeness (QED) is 0.863. The van der Waals surface area contributed by atoms with Crippen LogP contribution in [0.3, 0.4) is 0 Å². The summed E-state index contributed by atoms with van der Waals surface area (Å²) < 4.78 is 4.91. The summed E-state index contributed by atoms with van der Waals surface area (Å²) in [6.45, 7) is 1.96. The molecule has 2 amide bonds. The van der Waals surface area contributed by atoms with Crippen LogP contribution in [-0.2, 0) is 9.53 Å². The molecule has 2 aliphatic rings. The van der Waals surface area contributed by atoms with Gasteiger partial charge in [-0.15, -0.1) is 0 Å². The van der Waals surface area contributed by atoms with E-state index in [0.717, 1.165) is 10.7 Å². The van der Waals surface area contributed by atoms with Crippen molar-refractivity contribution in [1.29, 1.82) is 0 Å². The number of hydrogen-bond acceptors (Lipinski definition) is 6. The number of carbonyl (C=O) groups is 2. The molecule has 1 aromatic carbocycles. The van der Waals surface area contributed by atoms with Gasteiger partial charge in [-0.1, -0.05) is 30.0 Å². The summed E-state index contributed by atoms with van der Waals surface area (Å²) in [5.41, 5.74) is 3.37. The van der Waals surface area contributed by atoms with E-state index in [0.29, 0.717) is 5.17 Å². The number of amides is 2. The topological polar surface area (TPSA) is 83.0 Å². The number of hydrazine groups is 1. The largest absolute Gasteiger partial charge is 0.448 e. The SMILES string of the molecule is CCOC(=O)N1NC(=O)C2SC(Nc3ccccc3)=NC21. The van der Waals surface area contributed by atoms with Crippen LogP contribution in [0.15, 0.2) is 35.3 Å². The van der Waals surface area contributed by atoms with Crippen LogP contribution in [0.1, 0.15) is 6.92 Å². The van der Waals surface area contributed by atoms with Crippen molar-refractivity contribution in [3.05, 3.63) is 30.3 Å². The van der Waals surface area contributed by atoms with Gasteiger partial charge >= 0.3 is 6.09 Å². The predicted molar refractivity (Wildman–Crippen MR) is 79.7 cm³/mol. The van der Waals surface area contributed by atoms with Gasteiger partial charge < -0.3 is 10.1 Å². The first-order valence-corrected chi connectivity index (χ1v) is 7.40. The molecule has 2 aliphatic heterocycles. The number of hydrogen-bond donors (Lipinski definition) is 2. The number of fused-ring (bicyclic) bond motifs is 1. The highest BCUT2D eigenvalue weighted by Crippen LogP contribution is 2.33. The lowest BCUT2D eigenvalue weighted by atomic mass is 10.3. The van der Waals surface area contributed by atoms with Crippen LogP contribution in [0, 0.1) is 0 Å². The number of aliphatic imine (C=N–C) groups is 1. The van der Waals surface area contributed by atoms with Gasteiger partial charge in [0.25, 0.3) is 5.91 Å². The molecule has 2 atom stereocenters. The number of thioether (sulfide) groups is 1. The zero-order valence-electron chi connectivity index (χ0n) is 11.3. The zero-order chi connectivity index (χ0) is 14.8. The molecular formula is C13H14N4O3S. The van der Waals surface area contributed by atoms with Gasteiger partial charge in [0.1, 0.15) is 5.25 Å². The summed E-state index contributed by atoms with van der Waals surface area (Å²) in [6.07, 6.45) is -1.17. The summed E-state index contributed by atoms with van der Waals surface area (Å²) in [7, 11) is 0. The lowest BCUT2D eigenvalue weighted by Gasteiger charge is -2.18. The minimum atomic E-state index is -0.594. The van der Waals surface area contributed by atoms with Gasteiger partial charge in [-0.2, -0.15) is 5.01 Å². The molecule has 0 radical (unpaired) electrons. The molecule has 110 valence electrons. The number of ether oxygens (including phenoxy) is 1. The van der Waals surface area contributed by atoms with Gasteiger partial charge in [0.15, 0.2) is 11.3 Å². The van der Waals surface area contributed by atoms with Crippen molar-refractivity contribution < 1.29 is 14.3 Å². The number of nitrogens with zero attached hydrogens (tertiary/aromatic N) is 2. The van der Waals surface area contributed by atoms with Crippen LogP contribution in [0.2, 0.25) is 0 Å². The number of nitrogens with one attached hydrogen (secondary N) is 2. The second kappa shape index (κ2) is 5.65. The van der Waals surface area contributed by atoms with Crippen molar-refractivity contribution in [3.8, 4) is 0 Å². The maximum absolute atomic E-state index is 11.9. The predicted octanol–water partition coefficient (Wildman–Crippen LogP) is 1.40. The molecule has 0 spiro atoms. The molecule has 0 bridgehead atoms. The van der Waals surface area contributed by atoms with E-state index in [1.165, 1.54) is 11.8 Å². The van der Waals surface area contributed by atoms with Crippen LogP contribution in [0.5, 0.6) is 0 Å². The Morgan fingerprint density at radius 2 is 2.24 bits per heavy atom. The minimum absolute atomic E-state index is 0.244. The van der Waals surface area contributed by atoms with Gasteiger partial charge in [-0.05, 0) is 19.1 Å². The fraction of sp³-hybridized carbons (Fsp3) is 0.308. The van der Waals surface area contributed by atoms with E-state index in [2.05, 4.69) is 15.7 Å². The molecule has 3 rings (SSSR count). The average molecular weight is 306 g/mol. The van der Waals surface area contributed by atoms with Crippen molar-refractivity contribution in [1.82, 2.24) is 10.4 Å². The van der Waals surface area contributed by atoms with Crippen LogP contribution >= 0.6 is 11.8 Å². The normalized spacial score (nSPS) is 23.4. The first-order chi connectivity index (χ1) is 10.2. The Morgan fingerprint density at radius 3 is 2.95 bits per heavy atom. The average Bonchev–Trinajstić information content (AvgIpc) is 3.01. The second-order valence-corrected chi connectivity index (χ2v) is 5.55. The molecule has 8 heteroatoms. The number of carbonyl (C=O) groups excluding carboxylic acids is 2. The third kappa shape index (κ3) is 2.66. The zero-order valence-corrected chi connectivity index (χ0v) is 12.1.